The third-order valence-corrected chi connectivity index (χ3v) is 2.23. The summed E-state index contributed by atoms with van der Waals surface area (Å²) in [5, 5.41) is 12.1. The molecule has 0 aliphatic rings. The number of rotatable bonds is 7. The molecule has 0 saturated heterocycles. The molecule has 4 nitrogen and oxygen atoms in total. The van der Waals surface area contributed by atoms with Gasteiger partial charge in [0.05, 0.1) is 6.33 Å². The molecule has 0 spiro atoms. The molecule has 80 valence electrons. The summed E-state index contributed by atoms with van der Waals surface area (Å²) in [7, 11) is 0. The molecule has 1 rings (SSSR count). The van der Waals surface area contributed by atoms with E-state index in [-0.39, 0.29) is 0 Å². The molecule has 3 N–H and O–H groups in total. The topological polar surface area (TPSA) is 60.9 Å². The highest BCUT2D eigenvalue weighted by molar-refractivity contribution is 4.92. The van der Waals surface area contributed by atoms with Crippen molar-refractivity contribution in [1.29, 1.82) is 0 Å². The monoisotopic (exact) mass is 197 g/mol. The van der Waals surface area contributed by atoms with Gasteiger partial charge in [-0.05, 0) is 25.3 Å². The third-order valence-electron chi connectivity index (χ3n) is 2.23. The lowest BCUT2D eigenvalue weighted by Crippen LogP contribution is -2.16. The molecular formula is C10H19N3O. The van der Waals surface area contributed by atoms with Crippen LogP contribution in [0.15, 0.2) is 12.5 Å². The number of hydrogen-bond donors (Lipinski definition) is 3. The molecule has 1 aromatic rings. The normalized spacial score (nSPS) is 13.0. The van der Waals surface area contributed by atoms with Crippen LogP contribution in [0.25, 0.3) is 0 Å². The van der Waals surface area contributed by atoms with Gasteiger partial charge in [-0.3, -0.25) is 0 Å². The summed E-state index contributed by atoms with van der Waals surface area (Å²) in [6, 6.07) is 0. The lowest BCUT2D eigenvalue weighted by atomic mass is 10.1. The predicted octanol–water partition coefficient (Wildman–Crippen LogP) is 0.908. The molecule has 1 heterocycles. The molecule has 0 aromatic carbocycles. The van der Waals surface area contributed by atoms with Crippen LogP contribution in [-0.4, -0.2) is 28.2 Å². The van der Waals surface area contributed by atoms with Gasteiger partial charge in [0.25, 0.3) is 0 Å². The van der Waals surface area contributed by atoms with E-state index in [1.54, 1.807) is 6.33 Å². The van der Waals surface area contributed by atoms with Crippen molar-refractivity contribution in [2.24, 2.45) is 5.92 Å². The van der Waals surface area contributed by atoms with Crippen molar-refractivity contribution in [1.82, 2.24) is 15.3 Å². The van der Waals surface area contributed by atoms with Crippen LogP contribution in [0.5, 0.6) is 0 Å². The number of H-pyrrole nitrogens is 1. The summed E-state index contributed by atoms with van der Waals surface area (Å²) in [4.78, 5) is 6.97. The SMILES string of the molecule is CC(CO)CCCNCc1cnc[nH]1. The molecule has 1 atom stereocenters. The summed E-state index contributed by atoms with van der Waals surface area (Å²) in [6.07, 6.45) is 5.69. The Balaban J connectivity index is 1.95. The fraction of sp³-hybridized carbons (Fsp3) is 0.700. The van der Waals surface area contributed by atoms with Gasteiger partial charge < -0.3 is 15.4 Å². The zero-order chi connectivity index (χ0) is 10.2. The van der Waals surface area contributed by atoms with Crippen molar-refractivity contribution in [3.05, 3.63) is 18.2 Å². The number of nitrogens with zero attached hydrogens (tertiary/aromatic N) is 1. The Morgan fingerprint density at radius 2 is 2.50 bits per heavy atom. The first-order valence-electron chi connectivity index (χ1n) is 5.11. The molecule has 14 heavy (non-hydrogen) atoms. The maximum Gasteiger partial charge on any atom is 0.0922 e. The van der Waals surface area contributed by atoms with E-state index < -0.39 is 0 Å². The predicted molar refractivity (Wildman–Crippen MR) is 55.8 cm³/mol. The number of nitrogens with one attached hydrogen (secondary N) is 2. The first kappa shape index (κ1) is 11.2. The minimum absolute atomic E-state index is 0.292. The average Bonchev–Trinajstić information content (AvgIpc) is 2.69. The smallest absolute Gasteiger partial charge is 0.0922 e. The zero-order valence-corrected chi connectivity index (χ0v) is 8.66. The maximum absolute atomic E-state index is 8.81. The van der Waals surface area contributed by atoms with E-state index in [2.05, 4.69) is 22.2 Å². The molecule has 0 aliphatic heterocycles. The van der Waals surface area contributed by atoms with E-state index in [9.17, 15) is 0 Å². The Morgan fingerprint density at radius 3 is 3.14 bits per heavy atom. The van der Waals surface area contributed by atoms with Crippen molar-refractivity contribution in [3.8, 4) is 0 Å². The van der Waals surface area contributed by atoms with Crippen molar-refractivity contribution in [2.75, 3.05) is 13.2 Å². The quantitative estimate of drug-likeness (QED) is 0.569. The lowest BCUT2D eigenvalue weighted by molar-refractivity contribution is 0.228. The molecular weight excluding hydrogens is 178 g/mol. The Hall–Kier alpha value is -0.870. The first-order valence-corrected chi connectivity index (χ1v) is 5.11. The van der Waals surface area contributed by atoms with Crippen LogP contribution in [0, 0.1) is 5.92 Å². The van der Waals surface area contributed by atoms with Crippen LogP contribution >= 0.6 is 0 Å². The van der Waals surface area contributed by atoms with Crippen molar-refractivity contribution < 1.29 is 5.11 Å². The van der Waals surface area contributed by atoms with Gasteiger partial charge in [0.2, 0.25) is 0 Å². The number of imidazole rings is 1. The minimum Gasteiger partial charge on any atom is -0.396 e. The van der Waals surface area contributed by atoms with Crippen molar-refractivity contribution in [3.63, 3.8) is 0 Å². The van der Waals surface area contributed by atoms with Crippen LogP contribution < -0.4 is 5.32 Å². The summed E-state index contributed by atoms with van der Waals surface area (Å²) >= 11 is 0. The Kier molecular flexibility index (Phi) is 5.25. The first-order chi connectivity index (χ1) is 6.83. The van der Waals surface area contributed by atoms with Crippen molar-refractivity contribution in [2.45, 2.75) is 26.3 Å². The molecule has 1 aromatic heterocycles. The lowest BCUT2D eigenvalue weighted by Gasteiger charge is -2.07. The van der Waals surface area contributed by atoms with Crippen LogP contribution in [0.2, 0.25) is 0 Å². The highest BCUT2D eigenvalue weighted by Gasteiger charge is 1.98. The van der Waals surface area contributed by atoms with Crippen LogP contribution in [-0.2, 0) is 6.54 Å². The fourth-order valence-electron chi connectivity index (χ4n) is 1.27. The number of aromatic amines is 1. The van der Waals surface area contributed by atoms with E-state index in [0.717, 1.165) is 31.6 Å². The van der Waals surface area contributed by atoms with Crippen LogP contribution in [0.4, 0.5) is 0 Å². The van der Waals surface area contributed by atoms with Gasteiger partial charge in [0.1, 0.15) is 0 Å². The van der Waals surface area contributed by atoms with E-state index >= 15 is 0 Å². The van der Waals surface area contributed by atoms with E-state index in [1.165, 1.54) is 0 Å². The molecule has 0 saturated carbocycles. The highest BCUT2D eigenvalue weighted by atomic mass is 16.3. The van der Waals surface area contributed by atoms with Crippen LogP contribution in [0.3, 0.4) is 0 Å². The second kappa shape index (κ2) is 6.56. The van der Waals surface area contributed by atoms with Crippen LogP contribution in [0.1, 0.15) is 25.5 Å². The van der Waals surface area contributed by atoms with Gasteiger partial charge in [-0.2, -0.15) is 0 Å². The van der Waals surface area contributed by atoms with E-state index in [4.69, 9.17) is 5.11 Å². The molecule has 1 unspecified atom stereocenters. The van der Waals surface area contributed by atoms with Gasteiger partial charge in [-0.15, -0.1) is 0 Å². The number of aromatic nitrogens is 2. The molecule has 4 heteroatoms. The molecule has 0 fully saturated rings. The van der Waals surface area contributed by atoms with Gasteiger partial charge in [-0.25, -0.2) is 4.98 Å². The zero-order valence-electron chi connectivity index (χ0n) is 8.66. The molecule has 0 radical (unpaired) electrons. The number of aliphatic hydroxyl groups is 1. The largest absolute Gasteiger partial charge is 0.396 e. The minimum atomic E-state index is 0.292. The summed E-state index contributed by atoms with van der Waals surface area (Å²) in [6.45, 7) is 4.19. The summed E-state index contributed by atoms with van der Waals surface area (Å²) < 4.78 is 0. The second-order valence-electron chi connectivity index (χ2n) is 3.68. The van der Waals surface area contributed by atoms with E-state index in [0.29, 0.717) is 12.5 Å². The van der Waals surface area contributed by atoms with Crippen molar-refractivity contribution >= 4 is 0 Å². The van der Waals surface area contributed by atoms with E-state index in [1.807, 2.05) is 6.20 Å². The standard InChI is InChI=1S/C10H19N3O/c1-9(7-14)3-2-4-11-5-10-6-12-8-13-10/h6,8-9,11,14H,2-5,7H2,1H3,(H,12,13). The summed E-state index contributed by atoms with van der Waals surface area (Å²) in [5.41, 5.74) is 1.11. The number of aliphatic hydroxyl groups excluding tert-OH is 1. The Labute approximate surface area is 84.8 Å². The molecule has 0 bridgehead atoms. The number of hydrogen-bond acceptors (Lipinski definition) is 3. The second-order valence-corrected chi connectivity index (χ2v) is 3.68. The average molecular weight is 197 g/mol. The van der Waals surface area contributed by atoms with Gasteiger partial charge in [0, 0.05) is 25.0 Å². The van der Waals surface area contributed by atoms with Gasteiger partial charge in [0.15, 0.2) is 0 Å². The van der Waals surface area contributed by atoms with Gasteiger partial charge in [-0.1, -0.05) is 6.92 Å². The highest BCUT2D eigenvalue weighted by Crippen LogP contribution is 2.02. The molecule has 0 aliphatic carbocycles. The summed E-state index contributed by atoms with van der Waals surface area (Å²) in [5.74, 6) is 0.420. The molecule has 0 amide bonds. The van der Waals surface area contributed by atoms with Gasteiger partial charge >= 0.3 is 0 Å². The fourth-order valence-corrected chi connectivity index (χ4v) is 1.27. The maximum atomic E-state index is 8.81. The Bertz CT molecular complexity index is 223. The third kappa shape index (κ3) is 4.39. The Morgan fingerprint density at radius 1 is 1.64 bits per heavy atom.